The number of rotatable bonds is 4. The fraction of sp³-hybridized carbons (Fsp3) is 0.286. The van der Waals surface area contributed by atoms with Crippen LogP contribution in [0.4, 0.5) is 0 Å². The summed E-state index contributed by atoms with van der Waals surface area (Å²) in [5, 5.41) is 4.08. The van der Waals surface area contributed by atoms with Crippen LogP contribution in [-0.4, -0.2) is 41.1 Å². The predicted octanol–water partition coefficient (Wildman–Crippen LogP) is 4.04. The van der Waals surface area contributed by atoms with Gasteiger partial charge in [-0.3, -0.25) is 4.79 Å². The molecule has 0 atom stereocenters. The fourth-order valence-electron chi connectivity index (χ4n) is 3.26. The summed E-state index contributed by atoms with van der Waals surface area (Å²) in [7, 11) is 1.62. The number of aromatic nitrogens is 2. The number of carbonyl (C=O) groups excluding carboxylic acids is 1. The number of benzene rings is 2. The molecule has 2 heterocycles. The van der Waals surface area contributed by atoms with Gasteiger partial charge in [0.1, 0.15) is 5.75 Å². The number of likely N-dealkylation sites (tertiary alicyclic amines) is 1. The van der Waals surface area contributed by atoms with Crippen molar-refractivity contribution in [3.05, 3.63) is 54.1 Å². The Bertz CT molecular complexity index is 928. The molecule has 3 aromatic rings. The lowest BCUT2D eigenvalue weighted by atomic mass is 10.1. The zero-order chi connectivity index (χ0) is 18.6. The van der Waals surface area contributed by atoms with Crippen molar-refractivity contribution in [1.82, 2.24) is 15.0 Å². The Labute approximate surface area is 157 Å². The van der Waals surface area contributed by atoms with E-state index < -0.39 is 0 Å². The van der Waals surface area contributed by atoms with Gasteiger partial charge in [0.2, 0.25) is 5.82 Å². The first kappa shape index (κ1) is 17.3. The lowest BCUT2D eigenvalue weighted by Crippen LogP contribution is -2.35. The van der Waals surface area contributed by atoms with Crippen LogP contribution in [0.1, 0.15) is 29.6 Å². The van der Waals surface area contributed by atoms with Gasteiger partial charge in [-0.05, 0) is 55.7 Å². The lowest BCUT2D eigenvalue weighted by molar-refractivity contribution is 0.0724. The van der Waals surface area contributed by atoms with E-state index in [-0.39, 0.29) is 5.91 Å². The Morgan fingerprint density at radius 2 is 1.81 bits per heavy atom. The molecule has 1 amide bonds. The number of amides is 1. The van der Waals surface area contributed by atoms with Crippen LogP contribution in [0.5, 0.6) is 5.75 Å². The molecule has 27 heavy (non-hydrogen) atoms. The monoisotopic (exact) mass is 363 g/mol. The molecule has 0 bridgehead atoms. The van der Waals surface area contributed by atoms with Gasteiger partial charge in [-0.2, -0.15) is 4.98 Å². The van der Waals surface area contributed by atoms with Crippen molar-refractivity contribution in [3.63, 3.8) is 0 Å². The summed E-state index contributed by atoms with van der Waals surface area (Å²) < 4.78 is 10.6. The third kappa shape index (κ3) is 3.69. The maximum atomic E-state index is 12.7. The maximum Gasteiger partial charge on any atom is 0.258 e. The van der Waals surface area contributed by atoms with E-state index in [1.807, 2.05) is 53.4 Å². The Morgan fingerprint density at radius 1 is 1.04 bits per heavy atom. The highest BCUT2D eigenvalue weighted by atomic mass is 16.5. The third-order valence-corrected chi connectivity index (χ3v) is 4.77. The highest BCUT2D eigenvalue weighted by molar-refractivity contribution is 5.95. The van der Waals surface area contributed by atoms with Crippen molar-refractivity contribution < 1.29 is 14.1 Å². The summed E-state index contributed by atoms with van der Waals surface area (Å²) in [4.78, 5) is 19.1. The van der Waals surface area contributed by atoms with Crippen molar-refractivity contribution >= 4 is 5.91 Å². The van der Waals surface area contributed by atoms with Crippen LogP contribution in [0.3, 0.4) is 0 Å². The quantitative estimate of drug-likeness (QED) is 0.700. The van der Waals surface area contributed by atoms with Crippen molar-refractivity contribution in [3.8, 4) is 28.6 Å². The first-order valence-electron chi connectivity index (χ1n) is 9.12. The molecule has 0 N–H and O–H groups in total. The second-order valence-corrected chi connectivity index (χ2v) is 6.59. The standard InChI is InChI=1S/C21H21N3O3/c1-26-18-10-8-15(9-11-18)20-22-19(23-27-20)16-6-5-7-17(14-16)21(25)24-12-3-2-4-13-24/h5-11,14H,2-4,12-13H2,1H3. The van der Waals surface area contributed by atoms with Gasteiger partial charge in [0, 0.05) is 29.8 Å². The largest absolute Gasteiger partial charge is 0.497 e. The fourth-order valence-corrected chi connectivity index (χ4v) is 3.26. The molecule has 0 spiro atoms. The molecule has 4 rings (SSSR count). The molecule has 6 nitrogen and oxygen atoms in total. The Morgan fingerprint density at radius 3 is 2.56 bits per heavy atom. The number of carbonyl (C=O) groups is 1. The molecular weight excluding hydrogens is 342 g/mol. The minimum Gasteiger partial charge on any atom is -0.497 e. The summed E-state index contributed by atoms with van der Waals surface area (Å²) in [6.07, 6.45) is 3.34. The molecule has 0 saturated carbocycles. The number of nitrogens with zero attached hydrogens (tertiary/aromatic N) is 3. The molecule has 1 aromatic heterocycles. The first-order valence-corrected chi connectivity index (χ1v) is 9.12. The van der Waals surface area contributed by atoms with E-state index in [4.69, 9.17) is 9.26 Å². The lowest BCUT2D eigenvalue weighted by Gasteiger charge is -2.26. The summed E-state index contributed by atoms with van der Waals surface area (Å²) in [6.45, 7) is 1.65. The maximum absolute atomic E-state index is 12.7. The van der Waals surface area contributed by atoms with Gasteiger partial charge in [0.15, 0.2) is 0 Å². The molecule has 6 heteroatoms. The highest BCUT2D eigenvalue weighted by Crippen LogP contribution is 2.25. The van der Waals surface area contributed by atoms with E-state index in [2.05, 4.69) is 10.1 Å². The van der Waals surface area contributed by atoms with Gasteiger partial charge in [-0.25, -0.2) is 0 Å². The summed E-state index contributed by atoms with van der Waals surface area (Å²) >= 11 is 0. The van der Waals surface area contributed by atoms with Crippen LogP contribution < -0.4 is 4.74 Å². The second kappa shape index (κ2) is 7.61. The average molecular weight is 363 g/mol. The molecule has 2 aromatic carbocycles. The van der Waals surface area contributed by atoms with E-state index in [9.17, 15) is 4.79 Å². The average Bonchev–Trinajstić information content (AvgIpc) is 3.24. The highest BCUT2D eigenvalue weighted by Gasteiger charge is 2.19. The number of hydrogen-bond acceptors (Lipinski definition) is 5. The molecule has 1 aliphatic heterocycles. The van der Waals surface area contributed by atoms with Crippen LogP contribution in [0, 0.1) is 0 Å². The molecule has 1 aliphatic rings. The normalized spacial score (nSPS) is 14.2. The van der Waals surface area contributed by atoms with Crippen molar-refractivity contribution in [2.75, 3.05) is 20.2 Å². The first-order chi connectivity index (χ1) is 13.2. The number of hydrogen-bond donors (Lipinski definition) is 0. The summed E-state index contributed by atoms with van der Waals surface area (Å²) in [5.74, 6) is 1.73. The summed E-state index contributed by atoms with van der Waals surface area (Å²) in [6, 6.07) is 14.8. The van der Waals surface area contributed by atoms with Gasteiger partial charge in [-0.15, -0.1) is 0 Å². The molecule has 0 aliphatic carbocycles. The van der Waals surface area contributed by atoms with Gasteiger partial charge in [0.25, 0.3) is 11.8 Å². The smallest absolute Gasteiger partial charge is 0.258 e. The van der Waals surface area contributed by atoms with Crippen molar-refractivity contribution in [1.29, 1.82) is 0 Å². The van der Waals surface area contributed by atoms with E-state index in [1.54, 1.807) is 7.11 Å². The second-order valence-electron chi connectivity index (χ2n) is 6.59. The number of ether oxygens (including phenoxy) is 1. The van der Waals surface area contributed by atoms with E-state index in [0.29, 0.717) is 17.3 Å². The van der Waals surface area contributed by atoms with Gasteiger partial charge < -0.3 is 14.2 Å². The Kier molecular flexibility index (Phi) is 4.87. The molecule has 1 fully saturated rings. The SMILES string of the molecule is COc1ccc(-c2nc(-c3cccc(C(=O)N4CCCCC4)c3)no2)cc1. The minimum atomic E-state index is 0.0652. The predicted molar refractivity (Wildman–Crippen MR) is 101 cm³/mol. The molecular formula is C21H21N3O3. The van der Waals surface area contributed by atoms with Crippen LogP contribution in [0.2, 0.25) is 0 Å². The number of methoxy groups -OCH3 is 1. The topological polar surface area (TPSA) is 68.5 Å². The third-order valence-electron chi connectivity index (χ3n) is 4.77. The Balaban J connectivity index is 1.57. The van der Waals surface area contributed by atoms with Gasteiger partial charge >= 0.3 is 0 Å². The van der Waals surface area contributed by atoms with Crippen LogP contribution >= 0.6 is 0 Å². The van der Waals surface area contributed by atoms with Crippen LogP contribution in [0.15, 0.2) is 53.1 Å². The van der Waals surface area contributed by atoms with E-state index in [0.717, 1.165) is 42.8 Å². The Hall–Kier alpha value is -3.15. The molecule has 0 unspecified atom stereocenters. The minimum absolute atomic E-state index is 0.0652. The van der Waals surface area contributed by atoms with E-state index in [1.165, 1.54) is 6.42 Å². The molecule has 138 valence electrons. The number of piperidine rings is 1. The summed E-state index contributed by atoms with van der Waals surface area (Å²) in [5.41, 5.74) is 2.24. The van der Waals surface area contributed by atoms with Crippen LogP contribution in [0.25, 0.3) is 22.8 Å². The van der Waals surface area contributed by atoms with E-state index >= 15 is 0 Å². The molecule has 0 radical (unpaired) electrons. The van der Waals surface area contributed by atoms with Crippen molar-refractivity contribution in [2.24, 2.45) is 0 Å². The zero-order valence-electron chi connectivity index (χ0n) is 15.2. The molecule has 1 saturated heterocycles. The van der Waals surface area contributed by atoms with Gasteiger partial charge in [-0.1, -0.05) is 17.3 Å². The zero-order valence-corrected chi connectivity index (χ0v) is 15.2. The van der Waals surface area contributed by atoms with Gasteiger partial charge in [0.05, 0.1) is 7.11 Å². The van der Waals surface area contributed by atoms with Crippen molar-refractivity contribution in [2.45, 2.75) is 19.3 Å². The van der Waals surface area contributed by atoms with Crippen LogP contribution in [-0.2, 0) is 0 Å².